The van der Waals surface area contributed by atoms with E-state index in [0.717, 1.165) is 24.0 Å². The fourth-order valence-electron chi connectivity index (χ4n) is 2.83. The first kappa shape index (κ1) is 20.9. The van der Waals surface area contributed by atoms with Crippen molar-refractivity contribution in [3.05, 3.63) is 71.3 Å². The van der Waals surface area contributed by atoms with E-state index in [1.165, 1.54) is 7.05 Å². The van der Waals surface area contributed by atoms with Crippen LogP contribution in [0, 0.1) is 0 Å². The Morgan fingerprint density at radius 1 is 1.00 bits per heavy atom. The third kappa shape index (κ3) is 6.69. The van der Waals surface area contributed by atoms with E-state index in [2.05, 4.69) is 22.3 Å². The minimum atomic E-state index is -3.37. The summed E-state index contributed by atoms with van der Waals surface area (Å²) in [6, 6.07) is 16.7. The minimum absolute atomic E-state index is 0.0592. The molecule has 3 N–H and O–H groups in total. The summed E-state index contributed by atoms with van der Waals surface area (Å²) in [4.78, 5) is 12.4. The summed E-state index contributed by atoms with van der Waals surface area (Å²) in [5.41, 5.74) is 2.51. The number of hydrogen-bond acceptors (Lipinski definition) is 3. The molecule has 2 amide bonds. The standard InChI is InChI=1S/C20H27N3O3S/c1-3-9-19(16-10-5-4-6-11-16)23-20(24)22-14-17-12-7-8-13-18(17)15-27(25,26)21-2/h4-8,10-13,19,21H,3,9,14-15H2,1-2H3,(H2,22,23,24). The Labute approximate surface area is 161 Å². The molecule has 0 bridgehead atoms. The molecule has 146 valence electrons. The first-order chi connectivity index (χ1) is 12.9. The monoisotopic (exact) mass is 389 g/mol. The Morgan fingerprint density at radius 2 is 1.63 bits per heavy atom. The van der Waals surface area contributed by atoms with Gasteiger partial charge < -0.3 is 10.6 Å². The summed E-state index contributed by atoms with van der Waals surface area (Å²) < 4.78 is 26.0. The second kappa shape index (κ2) is 10.1. The normalized spacial score (nSPS) is 12.4. The van der Waals surface area contributed by atoms with Crippen molar-refractivity contribution in [3.63, 3.8) is 0 Å². The Balaban J connectivity index is 2.01. The van der Waals surface area contributed by atoms with E-state index < -0.39 is 10.0 Å². The molecule has 0 fully saturated rings. The average Bonchev–Trinajstić information content (AvgIpc) is 2.67. The van der Waals surface area contributed by atoms with E-state index in [1.54, 1.807) is 12.1 Å². The van der Waals surface area contributed by atoms with Crippen LogP contribution in [-0.4, -0.2) is 21.5 Å². The van der Waals surface area contributed by atoms with Crippen LogP contribution in [0.2, 0.25) is 0 Å². The van der Waals surface area contributed by atoms with Crippen LogP contribution in [0.4, 0.5) is 4.79 Å². The van der Waals surface area contributed by atoms with Gasteiger partial charge in [0.25, 0.3) is 0 Å². The molecule has 0 saturated heterocycles. The van der Waals surface area contributed by atoms with Gasteiger partial charge in [0.1, 0.15) is 0 Å². The van der Waals surface area contributed by atoms with Crippen LogP contribution in [0.25, 0.3) is 0 Å². The molecule has 0 aliphatic carbocycles. The molecule has 2 rings (SSSR count). The highest BCUT2D eigenvalue weighted by Gasteiger charge is 2.15. The molecule has 6 nitrogen and oxygen atoms in total. The topological polar surface area (TPSA) is 87.3 Å². The summed E-state index contributed by atoms with van der Waals surface area (Å²) in [5.74, 6) is -0.120. The van der Waals surface area contributed by atoms with Crippen molar-refractivity contribution in [2.45, 2.75) is 38.1 Å². The third-order valence-corrected chi connectivity index (χ3v) is 5.61. The number of urea groups is 1. The van der Waals surface area contributed by atoms with Crippen LogP contribution in [0.1, 0.15) is 42.5 Å². The maximum atomic E-state index is 12.4. The highest BCUT2D eigenvalue weighted by atomic mass is 32.2. The zero-order valence-electron chi connectivity index (χ0n) is 15.7. The van der Waals surface area contributed by atoms with Crippen LogP contribution in [0.15, 0.2) is 54.6 Å². The smallest absolute Gasteiger partial charge is 0.315 e. The average molecular weight is 390 g/mol. The predicted molar refractivity (Wildman–Crippen MR) is 108 cm³/mol. The number of carbonyl (C=O) groups excluding carboxylic acids is 1. The maximum Gasteiger partial charge on any atom is 0.315 e. The lowest BCUT2D eigenvalue weighted by atomic mass is 10.0. The number of rotatable bonds is 9. The van der Waals surface area contributed by atoms with Crippen LogP contribution >= 0.6 is 0 Å². The molecule has 0 aromatic heterocycles. The van der Waals surface area contributed by atoms with Crippen molar-refractivity contribution < 1.29 is 13.2 Å². The molecule has 0 radical (unpaired) electrons. The van der Waals surface area contributed by atoms with Crippen molar-refractivity contribution in [2.24, 2.45) is 0 Å². The zero-order valence-corrected chi connectivity index (χ0v) is 16.6. The summed E-state index contributed by atoms with van der Waals surface area (Å²) in [6.45, 7) is 2.34. The number of nitrogens with one attached hydrogen (secondary N) is 3. The fourth-order valence-corrected chi connectivity index (χ4v) is 3.66. The molecule has 0 aliphatic rings. The van der Waals surface area contributed by atoms with Gasteiger partial charge in [-0.25, -0.2) is 17.9 Å². The molecule has 1 atom stereocenters. The van der Waals surface area contributed by atoms with Crippen LogP contribution in [0.5, 0.6) is 0 Å². The number of amides is 2. The molecular weight excluding hydrogens is 362 g/mol. The fraction of sp³-hybridized carbons (Fsp3) is 0.350. The largest absolute Gasteiger partial charge is 0.334 e. The van der Waals surface area contributed by atoms with Gasteiger partial charge in [-0.1, -0.05) is 67.9 Å². The van der Waals surface area contributed by atoms with Crippen molar-refractivity contribution in [1.29, 1.82) is 0 Å². The summed E-state index contributed by atoms with van der Waals surface area (Å²) in [7, 11) is -1.98. The first-order valence-electron chi connectivity index (χ1n) is 9.02. The minimum Gasteiger partial charge on any atom is -0.334 e. The number of carbonyl (C=O) groups is 1. The lowest BCUT2D eigenvalue weighted by Crippen LogP contribution is -2.37. The van der Waals surface area contributed by atoms with Gasteiger partial charge in [0.05, 0.1) is 11.8 Å². The quantitative estimate of drug-likeness (QED) is 0.616. The second-order valence-corrected chi connectivity index (χ2v) is 8.24. The second-order valence-electron chi connectivity index (χ2n) is 6.31. The van der Waals surface area contributed by atoms with E-state index >= 15 is 0 Å². The molecule has 0 heterocycles. The maximum absolute atomic E-state index is 12.4. The molecule has 0 spiro atoms. The first-order valence-corrected chi connectivity index (χ1v) is 10.7. The van der Waals surface area contributed by atoms with Gasteiger partial charge in [-0.05, 0) is 30.2 Å². The Bertz CT molecular complexity index is 839. The van der Waals surface area contributed by atoms with Crippen LogP contribution in [-0.2, 0) is 22.3 Å². The van der Waals surface area contributed by atoms with Crippen molar-refractivity contribution >= 4 is 16.1 Å². The van der Waals surface area contributed by atoms with Crippen LogP contribution in [0.3, 0.4) is 0 Å². The summed E-state index contributed by atoms with van der Waals surface area (Å²) >= 11 is 0. The van der Waals surface area contributed by atoms with E-state index in [4.69, 9.17) is 0 Å². The van der Waals surface area contributed by atoms with E-state index in [1.807, 2.05) is 42.5 Å². The zero-order chi connectivity index (χ0) is 19.7. The number of benzene rings is 2. The van der Waals surface area contributed by atoms with Crippen molar-refractivity contribution in [3.8, 4) is 0 Å². The lowest BCUT2D eigenvalue weighted by molar-refractivity contribution is 0.236. The number of sulfonamides is 1. The third-order valence-electron chi connectivity index (χ3n) is 4.30. The van der Waals surface area contributed by atoms with Crippen molar-refractivity contribution in [1.82, 2.24) is 15.4 Å². The van der Waals surface area contributed by atoms with Gasteiger partial charge in [0.15, 0.2) is 0 Å². The molecule has 1 unspecified atom stereocenters. The molecule has 27 heavy (non-hydrogen) atoms. The summed E-state index contributed by atoms with van der Waals surface area (Å²) in [6.07, 6.45) is 1.79. The Kier molecular flexibility index (Phi) is 7.82. The van der Waals surface area contributed by atoms with Crippen molar-refractivity contribution in [2.75, 3.05) is 7.05 Å². The molecule has 2 aromatic rings. The van der Waals surface area contributed by atoms with Crippen LogP contribution < -0.4 is 15.4 Å². The van der Waals surface area contributed by atoms with Gasteiger partial charge in [0.2, 0.25) is 10.0 Å². The van der Waals surface area contributed by atoms with Gasteiger partial charge in [-0.15, -0.1) is 0 Å². The van der Waals surface area contributed by atoms with E-state index in [9.17, 15) is 13.2 Å². The van der Waals surface area contributed by atoms with E-state index in [0.29, 0.717) is 5.56 Å². The highest BCUT2D eigenvalue weighted by molar-refractivity contribution is 7.88. The van der Waals surface area contributed by atoms with Gasteiger partial charge >= 0.3 is 6.03 Å². The van der Waals surface area contributed by atoms with Gasteiger partial charge in [-0.3, -0.25) is 0 Å². The van der Waals surface area contributed by atoms with Gasteiger partial charge in [-0.2, -0.15) is 0 Å². The van der Waals surface area contributed by atoms with E-state index in [-0.39, 0.29) is 24.4 Å². The highest BCUT2D eigenvalue weighted by Crippen LogP contribution is 2.18. The predicted octanol–water partition coefficient (Wildman–Crippen LogP) is 3.08. The molecule has 7 heteroatoms. The number of hydrogen-bond donors (Lipinski definition) is 3. The SMILES string of the molecule is CCCC(NC(=O)NCc1ccccc1CS(=O)(=O)NC)c1ccccc1. The molecule has 0 saturated carbocycles. The molecular formula is C20H27N3O3S. The Hall–Kier alpha value is -2.38. The summed E-state index contributed by atoms with van der Waals surface area (Å²) in [5, 5.41) is 5.84. The lowest BCUT2D eigenvalue weighted by Gasteiger charge is -2.19. The Morgan fingerprint density at radius 3 is 2.26 bits per heavy atom. The van der Waals surface area contributed by atoms with Gasteiger partial charge in [0, 0.05) is 6.54 Å². The molecule has 0 aliphatic heterocycles. The molecule has 2 aromatic carbocycles.